The number of ether oxygens (including phenoxy) is 1. The van der Waals surface area contributed by atoms with Crippen molar-refractivity contribution in [1.82, 2.24) is 15.4 Å². The third-order valence-electron chi connectivity index (χ3n) is 4.58. The predicted molar refractivity (Wildman–Crippen MR) is 90.2 cm³/mol. The van der Waals surface area contributed by atoms with Crippen LogP contribution in [0.15, 0.2) is 28.8 Å². The lowest BCUT2D eigenvalue weighted by atomic mass is 9.92. The number of carbonyl (C=O) groups excluding carboxylic acids is 2. The second kappa shape index (κ2) is 6.23. The van der Waals surface area contributed by atoms with Gasteiger partial charge in [-0.2, -0.15) is 0 Å². The van der Waals surface area contributed by atoms with Gasteiger partial charge < -0.3 is 14.6 Å². The summed E-state index contributed by atoms with van der Waals surface area (Å²) in [5.74, 6) is 1.02. The molecule has 1 fully saturated rings. The molecule has 2 heterocycles. The average molecular weight is 343 g/mol. The number of urea groups is 1. The van der Waals surface area contributed by atoms with E-state index >= 15 is 0 Å². The number of amides is 3. The quantitative estimate of drug-likeness (QED) is 0.843. The maximum atomic E-state index is 12.9. The molecule has 0 radical (unpaired) electrons. The molecule has 7 heteroatoms. The van der Waals surface area contributed by atoms with Gasteiger partial charge in [-0.15, -0.1) is 0 Å². The molecule has 1 saturated heterocycles. The van der Waals surface area contributed by atoms with Crippen molar-refractivity contribution in [1.29, 1.82) is 0 Å². The fourth-order valence-electron chi connectivity index (χ4n) is 3.13. The molecule has 2 aromatic rings. The average Bonchev–Trinajstić information content (AvgIpc) is 3.00. The van der Waals surface area contributed by atoms with E-state index < -0.39 is 11.6 Å². The number of aryl methyl sites for hydroxylation is 2. The van der Waals surface area contributed by atoms with Gasteiger partial charge in [0.05, 0.1) is 19.3 Å². The Morgan fingerprint density at radius 1 is 1.28 bits per heavy atom. The Bertz CT molecular complexity index is 810. The van der Waals surface area contributed by atoms with E-state index in [9.17, 15) is 9.59 Å². The first-order chi connectivity index (χ1) is 11.9. The van der Waals surface area contributed by atoms with Gasteiger partial charge in [0, 0.05) is 12.0 Å². The van der Waals surface area contributed by atoms with E-state index in [4.69, 9.17) is 9.26 Å². The van der Waals surface area contributed by atoms with Crippen LogP contribution in [0.4, 0.5) is 4.79 Å². The summed E-state index contributed by atoms with van der Waals surface area (Å²) in [5, 5.41) is 6.69. The second-order valence-electron chi connectivity index (χ2n) is 6.44. The van der Waals surface area contributed by atoms with Gasteiger partial charge in [-0.25, -0.2) is 4.79 Å². The highest BCUT2D eigenvalue weighted by Gasteiger charge is 2.48. The van der Waals surface area contributed by atoms with Crippen LogP contribution in [0.1, 0.15) is 29.5 Å². The maximum absolute atomic E-state index is 12.9. The first kappa shape index (κ1) is 17.0. The Morgan fingerprint density at radius 2 is 2.00 bits per heavy atom. The molecule has 7 nitrogen and oxygen atoms in total. The molecule has 1 N–H and O–H groups in total. The molecule has 25 heavy (non-hydrogen) atoms. The normalized spacial score (nSPS) is 20.1. The number of para-hydroxylation sites is 1. The SMILES string of the molecule is COc1ccccc1C[C@]1(C)NC(=O)N(Cc2c(C)noc2C)C1=O. The zero-order valence-corrected chi connectivity index (χ0v) is 14.8. The first-order valence-corrected chi connectivity index (χ1v) is 8.03. The minimum absolute atomic E-state index is 0.146. The van der Waals surface area contributed by atoms with Crippen LogP contribution >= 0.6 is 0 Å². The number of hydrogen-bond acceptors (Lipinski definition) is 5. The molecule has 3 rings (SSSR count). The van der Waals surface area contributed by atoms with E-state index in [2.05, 4.69) is 10.5 Å². The van der Waals surface area contributed by atoms with E-state index in [1.807, 2.05) is 24.3 Å². The summed E-state index contributed by atoms with van der Waals surface area (Å²) in [6, 6.07) is 7.05. The van der Waals surface area contributed by atoms with Crippen LogP contribution in [0.5, 0.6) is 5.75 Å². The molecule has 1 aliphatic heterocycles. The Balaban J connectivity index is 1.85. The summed E-state index contributed by atoms with van der Waals surface area (Å²) in [5.41, 5.74) is 1.27. The molecule has 0 spiro atoms. The van der Waals surface area contributed by atoms with E-state index in [-0.39, 0.29) is 12.5 Å². The molecular formula is C18H21N3O4. The molecule has 0 aliphatic carbocycles. The van der Waals surface area contributed by atoms with E-state index in [0.717, 1.165) is 11.1 Å². The summed E-state index contributed by atoms with van der Waals surface area (Å²) in [6.07, 6.45) is 0.347. The van der Waals surface area contributed by atoms with Gasteiger partial charge in [-0.3, -0.25) is 9.69 Å². The number of nitrogens with zero attached hydrogens (tertiary/aromatic N) is 2. The maximum Gasteiger partial charge on any atom is 0.325 e. The fraction of sp³-hybridized carbons (Fsp3) is 0.389. The van der Waals surface area contributed by atoms with Gasteiger partial charge in [0.25, 0.3) is 5.91 Å². The number of rotatable bonds is 5. The van der Waals surface area contributed by atoms with Crippen molar-refractivity contribution in [2.24, 2.45) is 0 Å². The van der Waals surface area contributed by atoms with Crippen LogP contribution < -0.4 is 10.1 Å². The number of aromatic nitrogens is 1. The molecule has 0 bridgehead atoms. The summed E-state index contributed by atoms with van der Waals surface area (Å²) in [4.78, 5) is 26.6. The van der Waals surface area contributed by atoms with Crippen molar-refractivity contribution in [2.75, 3.05) is 7.11 Å². The Labute approximate surface area is 145 Å². The topological polar surface area (TPSA) is 84.7 Å². The Morgan fingerprint density at radius 3 is 2.64 bits per heavy atom. The van der Waals surface area contributed by atoms with Gasteiger partial charge in [0.15, 0.2) is 0 Å². The lowest BCUT2D eigenvalue weighted by Crippen LogP contribution is -2.46. The summed E-state index contributed by atoms with van der Waals surface area (Å²) in [6.45, 7) is 5.43. The predicted octanol–water partition coefficient (Wildman–Crippen LogP) is 2.35. The molecule has 3 amide bonds. The first-order valence-electron chi connectivity index (χ1n) is 8.03. The minimum atomic E-state index is -1.02. The zero-order chi connectivity index (χ0) is 18.2. The van der Waals surface area contributed by atoms with Crippen molar-refractivity contribution in [3.05, 3.63) is 46.8 Å². The lowest BCUT2D eigenvalue weighted by Gasteiger charge is -2.22. The van der Waals surface area contributed by atoms with Crippen molar-refractivity contribution < 1.29 is 18.8 Å². The van der Waals surface area contributed by atoms with Crippen LogP contribution in [0.2, 0.25) is 0 Å². The zero-order valence-electron chi connectivity index (χ0n) is 14.8. The van der Waals surface area contributed by atoms with E-state index in [0.29, 0.717) is 23.6 Å². The highest BCUT2D eigenvalue weighted by molar-refractivity contribution is 6.06. The Hall–Kier alpha value is -2.83. The molecule has 0 unspecified atom stereocenters. The summed E-state index contributed by atoms with van der Waals surface area (Å²) in [7, 11) is 1.58. The molecule has 1 aliphatic rings. The number of carbonyl (C=O) groups is 2. The number of hydrogen-bond donors (Lipinski definition) is 1. The van der Waals surface area contributed by atoms with Crippen molar-refractivity contribution in [3.63, 3.8) is 0 Å². The van der Waals surface area contributed by atoms with Crippen LogP contribution in [0, 0.1) is 13.8 Å². The third-order valence-corrected chi connectivity index (χ3v) is 4.58. The molecule has 0 saturated carbocycles. The summed E-state index contributed by atoms with van der Waals surface area (Å²) >= 11 is 0. The van der Waals surface area contributed by atoms with Crippen molar-refractivity contribution in [2.45, 2.75) is 39.3 Å². The monoisotopic (exact) mass is 343 g/mol. The van der Waals surface area contributed by atoms with Gasteiger partial charge >= 0.3 is 6.03 Å². The largest absolute Gasteiger partial charge is 0.496 e. The standard InChI is InChI=1S/C18H21N3O4/c1-11-14(12(2)25-20-11)10-21-16(22)18(3,19-17(21)23)9-13-7-5-6-8-15(13)24-4/h5-8H,9-10H2,1-4H3,(H,19,23)/t18-/m0/s1. The molecular weight excluding hydrogens is 322 g/mol. The number of imide groups is 1. The highest BCUT2D eigenvalue weighted by Crippen LogP contribution is 2.29. The third kappa shape index (κ3) is 2.97. The second-order valence-corrected chi connectivity index (χ2v) is 6.44. The summed E-state index contributed by atoms with van der Waals surface area (Å²) < 4.78 is 10.5. The molecule has 1 aromatic carbocycles. The highest BCUT2D eigenvalue weighted by atomic mass is 16.5. The number of nitrogens with one attached hydrogen (secondary N) is 1. The van der Waals surface area contributed by atoms with E-state index in [1.165, 1.54) is 4.90 Å². The van der Waals surface area contributed by atoms with Crippen LogP contribution in [-0.4, -0.2) is 34.6 Å². The van der Waals surface area contributed by atoms with Crippen molar-refractivity contribution in [3.8, 4) is 5.75 Å². The van der Waals surface area contributed by atoms with Gasteiger partial charge in [-0.1, -0.05) is 23.4 Å². The smallest absolute Gasteiger partial charge is 0.325 e. The molecule has 1 atom stereocenters. The Kier molecular flexibility index (Phi) is 4.24. The molecule has 1 aromatic heterocycles. The number of benzene rings is 1. The number of methoxy groups -OCH3 is 1. The minimum Gasteiger partial charge on any atom is -0.496 e. The molecule has 132 valence electrons. The van der Waals surface area contributed by atoms with Crippen LogP contribution in [0.25, 0.3) is 0 Å². The fourth-order valence-corrected chi connectivity index (χ4v) is 3.13. The van der Waals surface area contributed by atoms with Crippen molar-refractivity contribution >= 4 is 11.9 Å². The lowest BCUT2D eigenvalue weighted by molar-refractivity contribution is -0.131. The van der Waals surface area contributed by atoms with Crippen LogP contribution in [-0.2, 0) is 17.8 Å². The van der Waals surface area contributed by atoms with Gasteiger partial charge in [-0.05, 0) is 32.4 Å². The van der Waals surface area contributed by atoms with Crippen LogP contribution in [0.3, 0.4) is 0 Å². The van der Waals surface area contributed by atoms with E-state index in [1.54, 1.807) is 27.9 Å². The van der Waals surface area contributed by atoms with Gasteiger partial charge in [0.1, 0.15) is 17.0 Å². The van der Waals surface area contributed by atoms with Gasteiger partial charge in [0.2, 0.25) is 0 Å².